The first-order valence-electron chi connectivity index (χ1n) is 7.66. The van der Waals surface area contributed by atoms with Crippen molar-refractivity contribution < 1.29 is 14.7 Å². The molecule has 1 aromatic heterocycles. The molecule has 6 nitrogen and oxygen atoms in total. The number of amides is 1. The SMILES string of the molecule is CCCn1cc(C(=O)NC2(C(=O)O)CCCCCC2)cn1. The van der Waals surface area contributed by atoms with E-state index in [0.29, 0.717) is 18.4 Å². The Morgan fingerprint density at radius 2 is 2.00 bits per heavy atom. The number of carboxylic acids is 1. The highest BCUT2D eigenvalue weighted by atomic mass is 16.4. The maximum Gasteiger partial charge on any atom is 0.329 e. The Balaban J connectivity index is 2.11. The van der Waals surface area contributed by atoms with Gasteiger partial charge in [-0.3, -0.25) is 9.48 Å². The van der Waals surface area contributed by atoms with Crippen LogP contribution < -0.4 is 5.32 Å². The molecule has 1 heterocycles. The molecule has 0 bridgehead atoms. The Morgan fingerprint density at radius 3 is 2.57 bits per heavy atom. The smallest absolute Gasteiger partial charge is 0.329 e. The van der Waals surface area contributed by atoms with Crippen LogP contribution in [0.2, 0.25) is 0 Å². The van der Waals surface area contributed by atoms with Gasteiger partial charge in [-0.2, -0.15) is 5.10 Å². The van der Waals surface area contributed by atoms with Gasteiger partial charge >= 0.3 is 5.97 Å². The third-order valence-corrected chi connectivity index (χ3v) is 4.07. The largest absolute Gasteiger partial charge is 0.480 e. The lowest BCUT2D eigenvalue weighted by molar-refractivity contribution is -0.145. The van der Waals surface area contributed by atoms with Gasteiger partial charge in [0.05, 0.1) is 11.8 Å². The molecular weight excluding hydrogens is 270 g/mol. The molecule has 0 saturated heterocycles. The van der Waals surface area contributed by atoms with Crippen molar-refractivity contribution in [1.29, 1.82) is 0 Å². The van der Waals surface area contributed by atoms with Gasteiger partial charge in [0.1, 0.15) is 5.54 Å². The Kier molecular flexibility index (Phi) is 4.98. The molecule has 1 amide bonds. The normalized spacial score (nSPS) is 18.0. The highest BCUT2D eigenvalue weighted by Crippen LogP contribution is 2.27. The number of nitrogens with zero attached hydrogens (tertiary/aromatic N) is 2. The van der Waals surface area contributed by atoms with E-state index < -0.39 is 11.5 Å². The summed E-state index contributed by atoms with van der Waals surface area (Å²) >= 11 is 0. The summed E-state index contributed by atoms with van der Waals surface area (Å²) in [5, 5.41) is 16.4. The second kappa shape index (κ2) is 6.74. The Labute approximate surface area is 124 Å². The van der Waals surface area contributed by atoms with Gasteiger partial charge in [-0.1, -0.05) is 32.6 Å². The van der Waals surface area contributed by atoms with E-state index in [2.05, 4.69) is 10.4 Å². The van der Waals surface area contributed by atoms with Crippen molar-refractivity contribution >= 4 is 11.9 Å². The van der Waals surface area contributed by atoms with Gasteiger partial charge in [-0.05, 0) is 19.3 Å². The first-order valence-corrected chi connectivity index (χ1v) is 7.66. The van der Waals surface area contributed by atoms with Crippen LogP contribution in [-0.4, -0.2) is 32.3 Å². The van der Waals surface area contributed by atoms with Gasteiger partial charge < -0.3 is 10.4 Å². The second-order valence-corrected chi connectivity index (χ2v) is 5.75. The van der Waals surface area contributed by atoms with Gasteiger partial charge in [0.25, 0.3) is 5.91 Å². The maximum atomic E-state index is 12.3. The van der Waals surface area contributed by atoms with E-state index in [1.54, 1.807) is 10.9 Å². The first-order chi connectivity index (χ1) is 10.1. The minimum absolute atomic E-state index is 0.346. The minimum atomic E-state index is -1.12. The Hall–Kier alpha value is -1.85. The molecule has 21 heavy (non-hydrogen) atoms. The molecule has 2 rings (SSSR count). The summed E-state index contributed by atoms with van der Waals surface area (Å²) in [4.78, 5) is 24.0. The molecule has 0 aromatic carbocycles. The lowest BCUT2D eigenvalue weighted by atomic mass is 9.90. The fourth-order valence-electron chi connectivity index (χ4n) is 2.85. The standard InChI is InChI=1S/C15H23N3O3/c1-2-9-18-11-12(10-16-18)13(19)17-15(14(20)21)7-5-3-4-6-8-15/h10-11H,2-9H2,1H3,(H,17,19)(H,20,21). The molecule has 1 saturated carbocycles. The number of carboxylic acid groups (broad SMARTS) is 1. The number of aromatic nitrogens is 2. The summed E-state index contributed by atoms with van der Waals surface area (Å²) in [5.74, 6) is -1.28. The van der Waals surface area contributed by atoms with Crippen LogP contribution in [0.1, 0.15) is 62.2 Å². The Bertz CT molecular complexity index is 502. The number of hydrogen-bond acceptors (Lipinski definition) is 3. The molecule has 2 N–H and O–H groups in total. The summed E-state index contributed by atoms with van der Waals surface area (Å²) in [6.45, 7) is 2.78. The van der Waals surface area contributed by atoms with Crippen molar-refractivity contribution in [3.05, 3.63) is 18.0 Å². The van der Waals surface area contributed by atoms with Crippen LogP contribution in [0.15, 0.2) is 12.4 Å². The van der Waals surface area contributed by atoms with Crippen LogP contribution in [0, 0.1) is 0 Å². The molecule has 0 atom stereocenters. The van der Waals surface area contributed by atoms with Crippen molar-refractivity contribution in [2.24, 2.45) is 0 Å². The average Bonchev–Trinajstić information content (AvgIpc) is 2.78. The zero-order chi connectivity index (χ0) is 15.3. The molecule has 1 fully saturated rings. The van der Waals surface area contributed by atoms with Crippen molar-refractivity contribution in [1.82, 2.24) is 15.1 Å². The van der Waals surface area contributed by atoms with Crippen LogP contribution in [0.25, 0.3) is 0 Å². The quantitative estimate of drug-likeness (QED) is 0.815. The number of aryl methyl sites for hydroxylation is 1. The predicted molar refractivity (Wildman–Crippen MR) is 78.1 cm³/mol. The van der Waals surface area contributed by atoms with Gasteiger partial charge in [0, 0.05) is 12.7 Å². The summed E-state index contributed by atoms with van der Waals surface area (Å²) in [7, 11) is 0. The van der Waals surface area contributed by atoms with Crippen LogP contribution in [0.4, 0.5) is 0 Å². The third kappa shape index (κ3) is 3.62. The molecule has 0 radical (unpaired) electrons. The molecule has 1 aromatic rings. The van der Waals surface area contributed by atoms with Gasteiger partial charge in [0.2, 0.25) is 0 Å². The summed E-state index contributed by atoms with van der Waals surface area (Å²) in [6.07, 6.45) is 8.82. The van der Waals surface area contributed by atoms with E-state index >= 15 is 0 Å². The lowest BCUT2D eigenvalue weighted by Crippen LogP contribution is -2.54. The fourth-order valence-corrected chi connectivity index (χ4v) is 2.85. The number of rotatable bonds is 5. The number of hydrogen-bond donors (Lipinski definition) is 2. The number of carbonyl (C=O) groups is 2. The molecule has 0 aliphatic heterocycles. The highest BCUT2D eigenvalue weighted by molar-refractivity contribution is 5.97. The highest BCUT2D eigenvalue weighted by Gasteiger charge is 2.40. The minimum Gasteiger partial charge on any atom is -0.480 e. The number of aliphatic carboxylic acids is 1. The van der Waals surface area contributed by atoms with Gasteiger partial charge in [0.15, 0.2) is 0 Å². The van der Waals surface area contributed by atoms with E-state index in [9.17, 15) is 14.7 Å². The summed E-state index contributed by atoms with van der Waals surface area (Å²) in [5.41, 5.74) is -0.700. The first kappa shape index (κ1) is 15.5. The lowest BCUT2D eigenvalue weighted by Gasteiger charge is -2.29. The fraction of sp³-hybridized carbons (Fsp3) is 0.667. The van der Waals surface area contributed by atoms with Crippen molar-refractivity contribution in [2.45, 2.75) is 64.0 Å². The van der Waals surface area contributed by atoms with E-state index in [0.717, 1.165) is 38.6 Å². The molecule has 6 heteroatoms. The van der Waals surface area contributed by atoms with Crippen LogP contribution in [-0.2, 0) is 11.3 Å². The molecule has 0 unspecified atom stereocenters. The Morgan fingerprint density at radius 1 is 1.33 bits per heavy atom. The van der Waals surface area contributed by atoms with Gasteiger partial charge in [-0.15, -0.1) is 0 Å². The molecular formula is C15H23N3O3. The van der Waals surface area contributed by atoms with Crippen molar-refractivity contribution in [3.63, 3.8) is 0 Å². The van der Waals surface area contributed by atoms with E-state index in [-0.39, 0.29) is 5.91 Å². The second-order valence-electron chi connectivity index (χ2n) is 5.75. The zero-order valence-electron chi connectivity index (χ0n) is 12.5. The molecule has 1 aliphatic rings. The number of carbonyl (C=O) groups excluding carboxylic acids is 1. The zero-order valence-corrected chi connectivity index (χ0v) is 12.5. The van der Waals surface area contributed by atoms with E-state index in [1.165, 1.54) is 6.20 Å². The summed E-state index contributed by atoms with van der Waals surface area (Å²) in [6, 6.07) is 0. The van der Waals surface area contributed by atoms with E-state index in [1.807, 2.05) is 6.92 Å². The average molecular weight is 293 g/mol. The van der Waals surface area contributed by atoms with Crippen LogP contribution in [0.3, 0.4) is 0 Å². The summed E-state index contributed by atoms with van der Waals surface area (Å²) < 4.78 is 1.70. The van der Waals surface area contributed by atoms with E-state index in [4.69, 9.17) is 0 Å². The van der Waals surface area contributed by atoms with Crippen molar-refractivity contribution in [2.75, 3.05) is 0 Å². The van der Waals surface area contributed by atoms with Crippen LogP contribution >= 0.6 is 0 Å². The predicted octanol–water partition coefficient (Wildman–Crippen LogP) is 2.20. The van der Waals surface area contributed by atoms with Crippen molar-refractivity contribution in [3.8, 4) is 0 Å². The maximum absolute atomic E-state index is 12.3. The van der Waals surface area contributed by atoms with Crippen LogP contribution in [0.5, 0.6) is 0 Å². The molecule has 1 aliphatic carbocycles. The number of nitrogens with one attached hydrogen (secondary N) is 1. The topological polar surface area (TPSA) is 84.2 Å². The molecule has 0 spiro atoms. The monoisotopic (exact) mass is 293 g/mol. The molecule has 116 valence electrons. The van der Waals surface area contributed by atoms with Gasteiger partial charge in [-0.25, -0.2) is 4.79 Å². The third-order valence-electron chi connectivity index (χ3n) is 4.07.